The number of likely N-dealkylation sites (tertiary alicyclic amines) is 2. The fourth-order valence-corrected chi connectivity index (χ4v) is 6.45. The number of aliphatic hydroxyl groups excluding tert-OH is 1. The topological polar surface area (TPSA) is 198 Å². The van der Waals surface area contributed by atoms with Crippen molar-refractivity contribution in [2.24, 2.45) is 0 Å². The largest absolute Gasteiger partial charge is 0.444 e. The molecule has 6 atom stereocenters. The number of aromatic nitrogens is 2. The molecule has 15 nitrogen and oxygen atoms in total. The number of ether oxygens (including phenoxy) is 3. The van der Waals surface area contributed by atoms with Crippen molar-refractivity contribution >= 4 is 45.8 Å². The Labute approximate surface area is 280 Å². The molecule has 0 bridgehead atoms. The minimum atomic E-state index is -2.59. The van der Waals surface area contributed by atoms with Crippen LogP contribution in [0, 0.1) is 0 Å². The number of rotatable bonds is 7. The van der Waals surface area contributed by atoms with Gasteiger partial charge in [-0.05, 0) is 78.3 Å². The standard InChI is InChI=1S/C31H43BrN4O11/c1-29(2,3)46-27(42)34-13-7-9-18(34)21(37)22(38)24-31(44,23(39)19-10-8-14-35(19)28(43)47-30(4,5)6)15-20(45-24)36-16-17(11-12-32)25(40)33-26(36)41/h11-12,16,18-20,22,24,38,44H,7-10,13-15H2,1-6H3,(H,33,40,41)/b12-11+/t18-,19-,20+,22?,24+,31+/m0/s1. The highest BCUT2D eigenvalue weighted by atomic mass is 79.9. The van der Waals surface area contributed by atoms with Gasteiger partial charge in [0.25, 0.3) is 5.56 Å². The highest BCUT2D eigenvalue weighted by molar-refractivity contribution is 9.11. The van der Waals surface area contributed by atoms with Crippen LogP contribution in [0.5, 0.6) is 0 Å². The Hall–Kier alpha value is -3.34. The summed E-state index contributed by atoms with van der Waals surface area (Å²) in [5.74, 6) is -1.80. The van der Waals surface area contributed by atoms with Crippen molar-refractivity contribution in [3.63, 3.8) is 0 Å². The van der Waals surface area contributed by atoms with Gasteiger partial charge in [-0.25, -0.2) is 14.4 Å². The van der Waals surface area contributed by atoms with Crippen molar-refractivity contribution in [1.82, 2.24) is 19.4 Å². The molecule has 2 amide bonds. The lowest BCUT2D eigenvalue weighted by Crippen LogP contribution is -2.61. The summed E-state index contributed by atoms with van der Waals surface area (Å²) in [6.45, 7) is 10.4. The van der Waals surface area contributed by atoms with E-state index < -0.39 is 88.7 Å². The van der Waals surface area contributed by atoms with Crippen LogP contribution in [0.25, 0.3) is 6.08 Å². The van der Waals surface area contributed by atoms with Crippen molar-refractivity contribution in [2.45, 2.75) is 121 Å². The molecule has 3 N–H and O–H groups in total. The van der Waals surface area contributed by atoms with Crippen LogP contribution >= 0.6 is 15.9 Å². The van der Waals surface area contributed by atoms with Gasteiger partial charge in [0.15, 0.2) is 17.2 Å². The highest BCUT2D eigenvalue weighted by Crippen LogP contribution is 2.42. The number of nitrogens with one attached hydrogen (secondary N) is 1. The van der Waals surface area contributed by atoms with Gasteiger partial charge in [0, 0.05) is 25.7 Å². The number of halogens is 1. The third-order valence-corrected chi connectivity index (χ3v) is 8.47. The van der Waals surface area contributed by atoms with Crippen LogP contribution in [-0.2, 0) is 23.8 Å². The smallest absolute Gasteiger partial charge is 0.410 e. The molecule has 4 rings (SSSR count). The van der Waals surface area contributed by atoms with Gasteiger partial charge < -0.3 is 24.4 Å². The summed E-state index contributed by atoms with van der Waals surface area (Å²) in [6, 6.07) is -2.33. The molecule has 0 spiro atoms. The number of hydrogen-bond acceptors (Lipinski definition) is 11. The number of amides is 2. The van der Waals surface area contributed by atoms with Crippen molar-refractivity contribution in [3.8, 4) is 0 Å². The molecular formula is C31H43BrN4O11. The summed E-state index contributed by atoms with van der Waals surface area (Å²) in [5, 5.41) is 23.7. The SMILES string of the molecule is CC(C)(C)OC(=O)N1CCC[C@H]1C(=O)C(O)[C@H]1O[C@@H](n2cc(/C=C/Br)c(=O)[nH]c2=O)C[C@@]1(O)C(=O)[C@@H]1CCCN1C(=O)OC(C)(C)C. The Morgan fingerprint density at radius 2 is 1.53 bits per heavy atom. The number of carbonyl (C=O) groups excluding carboxylic acids is 4. The van der Waals surface area contributed by atoms with Gasteiger partial charge in [0.05, 0.1) is 17.6 Å². The molecule has 0 radical (unpaired) electrons. The Morgan fingerprint density at radius 1 is 1.00 bits per heavy atom. The van der Waals surface area contributed by atoms with Gasteiger partial charge in [-0.3, -0.25) is 33.7 Å². The van der Waals surface area contributed by atoms with Gasteiger partial charge in [0.1, 0.15) is 29.6 Å². The Balaban J connectivity index is 1.72. The maximum atomic E-state index is 14.3. The first-order valence-electron chi connectivity index (χ1n) is 15.5. The summed E-state index contributed by atoms with van der Waals surface area (Å²) in [7, 11) is 0. The van der Waals surface area contributed by atoms with E-state index in [4.69, 9.17) is 14.2 Å². The van der Waals surface area contributed by atoms with Crippen LogP contribution in [0.3, 0.4) is 0 Å². The second-order valence-corrected chi connectivity index (χ2v) is 14.6. The van der Waals surface area contributed by atoms with Gasteiger partial charge in [-0.2, -0.15) is 0 Å². The van der Waals surface area contributed by atoms with Crippen LogP contribution in [0.4, 0.5) is 9.59 Å². The van der Waals surface area contributed by atoms with Crippen LogP contribution in [0.1, 0.15) is 85.4 Å². The van der Waals surface area contributed by atoms with E-state index in [1.165, 1.54) is 20.9 Å². The van der Waals surface area contributed by atoms with Gasteiger partial charge >= 0.3 is 17.9 Å². The van der Waals surface area contributed by atoms with Crippen LogP contribution < -0.4 is 11.2 Å². The van der Waals surface area contributed by atoms with Gasteiger partial charge in [-0.1, -0.05) is 15.9 Å². The molecule has 1 unspecified atom stereocenters. The number of H-pyrrole nitrogens is 1. The van der Waals surface area contributed by atoms with E-state index in [9.17, 15) is 39.0 Å². The molecule has 16 heteroatoms. The van der Waals surface area contributed by atoms with Crippen LogP contribution in [0.15, 0.2) is 20.8 Å². The van der Waals surface area contributed by atoms with E-state index in [-0.39, 0.29) is 31.5 Å². The zero-order valence-corrected chi connectivity index (χ0v) is 28.9. The Bertz CT molecular complexity index is 1540. The van der Waals surface area contributed by atoms with Crippen molar-refractivity contribution in [1.29, 1.82) is 0 Å². The fraction of sp³-hybridized carbons (Fsp3) is 0.677. The predicted molar refractivity (Wildman–Crippen MR) is 171 cm³/mol. The summed E-state index contributed by atoms with van der Waals surface area (Å²) >= 11 is 3.08. The first-order valence-corrected chi connectivity index (χ1v) is 16.4. The highest BCUT2D eigenvalue weighted by Gasteiger charge is 2.61. The Morgan fingerprint density at radius 3 is 2.06 bits per heavy atom. The molecule has 260 valence electrons. The molecule has 1 aromatic heterocycles. The molecule has 3 fully saturated rings. The lowest BCUT2D eigenvalue weighted by molar-refractivity contribution is -0.165. The molecule has 0 saturated carbocycles. The summed E-state index contributed by atoms with van der Waals surface area (Å²) in [6.07, 6.45) is -3.90. The minimum absolute atomic E-state index is 0.0332. The molecule has 1 aromatic rings. The molecule has 47 heavy (non-hydrogen) atoms. The summed E-state index contributed by atoms with van der Waals surface area (Å²) in [4.78, 5) is 85.3. The lowest BCUT2D eigenvalue weighted by atomic mass is 9.81. The van der Waals surface area contributed by atoms with E-state index >= 15 is 0 Å². The number of carbonyl (C=O) groups is 4. The maximum Gasteiger partial charge on any atom is 0.410 e. The molecule has 3 aliphatic heterocycles. The van der Waals surface area contributed by atoms with E-state index in [2.05, 4.69) is 20.9 Å². The maximum absolute atomic E-state index is 14.3. The van der Waals surface area contributed by atoms with E-state index in [1.807, 2.05) is 0 Å². The second-order valence-electron chi connectivity index (χ2n) is 14.1. The quantitative estimate of drug-likeness (QED) is 0.373. The number of aromatic amines is 1. The van der Waals surface area contributed by atoms with Gasteiger partial charge in [0.2, 0.25) is 0 Å². The minimum Gasteiger partial charge on any atom is -0.444 e. The Kier molecular flexibility index (Phi) is 10.6. The van der Waals surface area contributed by atoms with E-state index in [0.717, 1.165) is 10.8 Å². The van der Waals surface area contributed by atoms with Crippen LogP contribution in [-0.4, -0.2) is 108 Å². The van der Waals surface area contributed by atoms with E-state index in [0.29, 0.717) is 12.8 Å². The molecular weight excluding hydrogens is 684 g/mol. The monoisotopic (exact) mass is 726 g/mol. The summed E-state index contributed by atoms with van der Waals surface area (Å²) in [5.41, 5.74) is -5.91. The number of ketones is 2. The third-order valence-electron chi connectivity index (χ3n) is 8.21. The predicted octanol–water partition coefficient (Wildman–Crippen LogP) is 2.22. The third kappa shape index (κ3) is 7.87. The number of Topliss-reactive ketones (excluding diaryl/α,β-unsaturated/α-hetero) is 2. The molecule has 4 heterocycles. The van der Waals surface area contributed by atoms with Crippen molar-refractivity contribution < 1.29 is 43.6 Å². The van der Waals surface area contributed by atoms with Crippen molar-refractivity contribution in [3.05, 3.63) is 37.6 Å². The second kappa shape index (κ2) is 13.6. The van der Waals surface area contributed by atoms with Gasteiger partial charge in [-0.15, -0.1) is 0 Å². The fourth-order valence-electron chi connectivity index (χ4n) is 6.17. The average Bonchev–Trinajstić information content (AvgIpc) is 3.71. The van der Waals surface area contributed by atoms with Crippen LogP contribution in [0.2, 0.25) is 0 Å². The zero-order valence-electron chi connectivity index (χ0n) is 27.4. The molecule has 3 saturated heterocycles. The first kappa shape index (κ1) is 36.5. The average molecular weight is 728 g/mol. The number of hydrogen-bond donors (Lipinski definition) is 3. The lowest BCUT2D eigenvalue weighted by Gasteiger charge is -2.36. The zero-order chi connectivity index (χ0) is 35.1. The summed E-state index contributed by atoms with van der Waals surface area (Å²) < 4.78 is 17.9. The van der Waals surface area contributed by atoms with E-state index in [1.54, 1.807) is 41.5 Å². The molecule has 0 aliphatic carbocycles. The van der Waals surface area contributed by atoms with Crippen molar-refractivity contribution in [2.75, 3.05) is 13.1 Å². The molecule has 0 aromatic carbocycles. The number of aliphatic hydroxyl groups is 2. The molecule has 3 aliphatic rings. The normalized spacial score (nSPS) is 27.3. The first-order chi connectivity index (χ1) is 21.8. The number of nitrogens with zero attached hydrogens (tertiary/aromatic N) is 3.